The molecular formula is C8H11O2. The lowest BCUT2D eigenvalue weighted by atomic mass is 9.87. The fourth-order valence-corrected chi connectivity index (χ4v) is 1.46. The Labute approximate surface area is 60.7 Å². The Morgan fingerprint density at radius 3 is 2.90 bits per heavy atom. The molecule has 55 valence electrons. The van der Waals surface area contributed by atoms with Crippen LogP contribution in [-0.2, 0) is 9.78 Å². The second-order valence-electron chi connectivity index (χ2n) is 2.85. The summed E-state index contributed by atoms with van der Waals surface area (Å²) in [5.41, 5.74) is -0.0608. The van der Waals surface area contributed by atoms with Gasteiger partial charge in [0.15, 0.2) is 0 Å². The molecule has 1 aliphatic carbocycles. The molecule has 1 aliphatic heterocycles. The Morgan fingerprint density at radius 1 is 1.30 bits per heavy atom. The molecule has 2 heteroatoms. The highest BCUT2D eigenvalue weighted by atomic mass is 17.2. The summed E-state index contributed by atoms with van der Waals surface area (Å²) in [7, 11) is 0. The summed E-state index contributed by atoms with van der Waals surface area (Å²) in [5.74, 6) is 0. The molecule has 2 rings (SSSR count). The van der Waals surface area contributed by atoms with E-state index in [1.807, 2.05) is 0 Å². The second-order valence-corrected chi connectivity index (χ2v) is 2.85. The van der Waals surface area contributed by atoms with Gasteiger partial charge in [0, 0.05) is 6.42 Å². The van der Waals surface area contributed by atoms with Crippen molar-refractivity contribution in [1.29, 1.82) is 0 Å². The van der Waals surface area contributed by atoms with Crippen molar-refractivity contribution in [2.45, 2.75) is 24.9 Å². The molecule has 1 radical (unpaired) electrons. The number of rotatable bonds is 0. The summed E-state index contributed by atoms with van der Waals surface area (Å²) in [5, 5.41) is 0. The Kier molecular flexibility index (Phi) is 1.51. The van der Waals surface area contributed by atoms with Gasteiger partial charge in [-0.1, -0.05) is 12.2 Å². The maximum Gasteiger partial charge on any atom is 0.113 e. The Morgan fingerprint density at radius 2 is 2.30 bits per heavy atom. The molecule has 1 spiro atoms. The summed E-state index contributed by atoms with van der Waals surface area (Å²) < 4.78 is 0. The lowest BCUT2D eigenvalue weighted by Crippen LogP contribution is -2.28. The summed E-state index contributed by atoms with van der Waals surface area (Å²) >= 11 is 0. The third-order valence-electron chi connectivity index (χ3n) is 2.11. The highest BCUT2D eigenvalue weighted by Gasteiger charge is 2.36. The Balaban J connectivity index is 2.06. The van der Waals surface area contributed by atoms with Crippen LogP contribution in [0, 0.1) is 6.42 Å². The molecule has 0 aromatic heterocycles. The first-order valence-corrected chi connectivity index (χ1v) is 3.71. The topological polar surface area (TPSA) is 18.5 Å². The smallest absolute Gasteiger partial charge is 0.113 e. The van der Waals surface area contributed by atoms with E-state index in [2.05, 4.69) is 18.6 Å². The molecule has 0 aromatic rings. The molecule has 1 heterocycles. The van der Waals surface area contributed by atoms with Gasteiger partial charge in [0.1, 0.15) is 5.60 Å². The van der Waals surface area contributed by atoms with Crippen molar-refractivity contribution in [2.24, 2.45) is 0 Å². The maximum absolute atomic E-state index is 5.17. The molecule has 0 N–H and O–H groups in total. The van der Waals surface area contributed by atoms with E-state index in [0.717, 1.165) is 19.3 Å². The summed E-state index contributed by atoms with van der Waals surface area (Å²) in [6.45, 7) is 0.647. The summed E-state index contributed by atoms with van der Waals surface area (Å²) in [6, 6.07) is 0. The fourth-order valence-electron chi connectivity index (χ4n) is 1.46. The van der Waals surface area contributed by atoms with Gasteiger partial charge in [-0.15, -0.1) is 0 Å². The molecule has 10 heavy (non-hydrogen) atoms. The van der Waals surface area contributed by atoms with E-state index in [1.165, 1.54) is 0 Å². The lowest BCUT2D eigenvalue weighted by molar-refractivity contribution is -0.308. The fraction of sp³-hybridized carbons (Fsp3) is 0.625. The predicted molar refractivity (Wildman–Crippen MR) is 37.1 cm³/mol. The number of hydrogen-bond acceptors (Lipinski definition) is 2. The van der Waals surface area contributed by atoms with E-state index in [0.29, 0.717) is 6.61 Å². The van der Waals surface area contributed by atoms with Crippen LogP contribution in [0.5, 0.6) is 0 Å². The average molecular weight is 139 g/mol. The van der Waals surface area contributed by atoms with Crippen molar-refractivity contribution in [3.63, 3.8) is 0 Å². The SMILES string of the molecule is [CH]1COOC12CC=CCC2. The van der Waals surface area contributed by atoms with Gasteiger partial charge in [0.25, 0.3) is 0 Å². The highest BCUT2D eigenvalue weighted by Crippen LogP contribution is 2.34. The molecule has 0 bridgehead atoms. The molecule has 1 saturated heterocycles. The first-order chi connectivity index (χ1) is 4.91. The van der Waals surface area contributed by atoms with Crippen molar-refractivity contribution in [1.82, 2.24) is 0 Å². The maximum atomic E-state index is 5.17. The quantitative estimate of drug-likeness (QED) is 0.375. The molecule has 1 atom stereocenters. The van der Waals surface area contributed by atoms with Gasteiger partial charge in [-0.25, -0.2) is 9.78 Å². The van der Waals surface area contributed by atoms with E-state index in [4.69, 9.17) is 9.78 Å². The van der Waals surface area contributed by atoms with Gasteiger partial charge < -0.3 is 0 Å². The molecule has 2 nitrogen and oxygen atoms in total. The molecular weight excluding hydrogens is 128 g/mol. The zero-order valence-corrected chi connectivity index (χ0v) is 5.88. The minimum Gasteiger partial charge on any atom is -0.236 e. The van der Waals surface area contributed by atoms with E-state index in [9.17, 15) is 0 Å². The van der Waals surface area contributed by atoms with Gasteiger partial charge in [0.05, 0.1) is 6.61 Å². The van der Waals surface area contributed by atoms with Crippen molar-refractivity contribution in [2.75, 3.05) is 6.61 Å². The third-order valence-corrected chi connectivity index (χ3v) is 2.11. The van der Waals surface area contributed by atoms with Crippen LogP contribution in [0.1, 0.15) is 19.3 Å². The minimum atomic E-state index is -0.0608. The van der Waals surface area contributed by atoms with Crippen LogP contribution in [0.3, 0.4) is 0 Å². The standard InChI is InChI=1S/C8H11O2/c1-2-4-8(5-3-1)6-7-9-10-8/h1-2,6H,3-5,7H2. The van der Waals surface area contributed by atoms with Gasteiger partial charge >= 0.3 is 0 Å². The highest BCUT2D eigenvalue weighted by molar-refractivity contribution is 5.07. The average Bonchev–Trinajstić information content (AvgIpc) is 2.39. The van der Waals surface area contributed by atoms with Crippen molar-refractivity contribution in [3.05, 3.63) is 18.6 Å². The second kappa shape index (κ2) is 2.36. The largest absolute Gasteiger partial charge is 0.236 e. The molecule has 0 saturated carbocycles. The van der Waals surface area contributed by atoms with Crippen molar-refractivity contribution in [3.8, 4) is 0 Å². The van der Waals surface area contributed by atoms with Crippen LogP contribution in [0.15, 0.2) is 12.2 Å². The summed E-state index contributed by atoms with van der Waals surface area (Å²) in [4.78, 5) is 10.0. The number of allylic oxidation sites excluding steroid dienone is 1. The molecule has 1 unspecified atom stereocenters. The van der Waals surface area contributed by atoms with Gasteiger partial charge in [-0.3, -0.25) is 0 Å². The van der Waals surface area contributed by atoms with E-state index < -0.39 is 0 Å². The van der Waals surface area contributed by atoms with Gasteiger partial charge in [0.2, 0.25) is 0 Å². The summed E-state index contributed by atoms with van der Waals surface area (Å²) in [6.07, 6.45) is 9.64. The molecule has 0 aromatic carbocycles. The van der Waals surface area contributed by atoms with Crippen LogP contribution in [0.2, 0.25) is 0 Å². The molecule has 0 amide bonds. The van der Waals surface area contributed by atoms with Crippen LogP contribution >= 0.6 is 0 Å². The Bertz CT molecular complexity index is 145. The number of hydrogen-bond donors (Lipinski definition) is 0. The monoisotopic (exact) mass is 139 g/mol. The van der Waals surface area contributed by atoms with Crippen LogP contribution in [0.25, 0.3) is 0 Å². The van der Waals surface area contributed by atoms with Crippen LogP contribution < -0.4 is 0 Å². The van der Waals surface area contributed by atoms with E-state index in [1.54, 1.807) is 0 Å². The first kappa shape index (κ1) is 6.38. The Hall–Kier alpha value is -0.340. The van der Waals surface area contributed by atoms with E-state index >= 15 is 0 Å². The van der Waals surface area contributed by atoms with Gasteiger partial charge in [-0.05, 0) is 19.3 Å². The zero-order chi connectivity index (χ0) is 6.86. The first-order valence-electron chi connectivity index (χ1n) is 3.71. The zero-order valence-electron chi connectivity index (χ0n) is 5.88. The molecule has 1 fully saturated rings. The predicted octanol–water partition coefficient (Wildman–Crippen LogP) is 1.63. The van der Waals surface area contributed by atoms with Crippen LogP contribution in [-0.4, -0.2) is 12.2 Å². The van der Waals surface area contributed by atoms with Crippen molar-refractivity contribution >= 4 is 0 Å². The van der Waals surface area contributed by atoms with Gasteiger partial charge in [-0.2, -0.15) is 0 Å². The van der Waals surface area contributed by atoms with Crippen molar-refractivity contribution < 1.29 is 9.78 Å². The molecule has 2 aliphatic rings. The van der Waals surface area contributed by atoms with Crippen LogP contribution in [0.4, 0.5) is 0 Å². The lowest BCUT2D eigenvalue weighted by Gasteiger charge is -2.25. The minimum absolute atomic E-state index is 0.0608. The van der Waals surface area contributed by atoms with E-state index in [-0.39, 0.29) is 5.60 Å². The normalized spacial score (nSPS) is 39.2. The third kappa shape index (κ3) is 0.976.